The minimum Gasteiger partial charge on any atom is -0.481 e. The summed E-state index contributed by atoms with van der Waals surface area (Å²) in [5.74, 6) is 6.99. The van der Waals surface area contributed by atoms with Crippen LogP contribution in [-0.2, 0) is 4.74 Å². The molecule has 0 bridgehead atoms. The molecule has 1 aliphatic rings. The van der Waals surface area contributed by atoms with Crippen molar-refractivity contribution in [1.82, 2.24) is 19.9 Å². The zero-order valence-corrected chi connectivity index (χ0v) is 17.1. The predicted octanol–water partition coefficient (Wildman–Crippen LogP) is 3.07. The van der Waals surface area contributed by atoms with Gasteiger partial charge in [0, 0.05) is 41.7 Å². The van der Waals surface area contributed by atoms with Gasteiger partial charge in [-0.15, -0.1) is 0 Å². The Kier molecular flexibility index (Phi) is 5.40. The third-order valence-electron chi connectivity index (χ3n) is 5.45. The average molecular weight is 413 g/mol. The number of rotatable bonds is 4. The first-order valence-electron chi connectivity index (χ1n) is 10.3. The van der Waals surface area contributed by atoms with Crippen LogP contribution in [0, 0.1) is 11.8 Å². The lowest BCUT2D eigenvalue weighted by Gasteiger charge is -2.24. The fourth-order valence-corrected chi connectivity index (χ4v) is 3.81. The van der Waals surface area contributed by atoms with Gasteiger partial charge >= 0.3 is 0 Å². The molecule has 0 amide bonds. The second-order valence-corrected chi connectivity index (χ2v) is 7.40. The van der Waals surface area contributed by atoms with Gasteiger partial charge in [-0.05, 0) is 18.2 Å². The number of benzene rings is 2. The molecule has 1 saturated heterocycles. The number of morpholine rings is 1. The zero-order valence-electron chi connectivity index (χ0n) is 17.1. The number of nitrogens with one attached hydrogen (secondary N) is 1. The van der Waals surface area contributed by atoms with E-state index in [0.717, 1.165) is 71.7 Å². The van der Waals surface area contributed by atoms with Gasteiger partial charge in [-0.1, -0.05) is 24.0 Å². The number of anilines is 1. The summed E-state index contributed by atoms with van der Waals surface area (Å²) in [6.45, 7) is 4.53. The summed E-state index contributed by atoms with van der Waals surface area (Å²) in [5, 5.41) is 1.99. The number of nitrogens with two attached hydrogens (primary N) is 1. The molecule has 1 fully saturated rings. The Bertz CT molecular complexity index is 1280. The highest BCUT2D eigenvalue weighted by molar-refractivity contribution is 6.05. The monoisotopic (exact) mass is 413 g/mol. The number of hydrogen-bond acceptors (Lipinski definition) is 6. The van der Waals surface area contributed by atoms with Crippen molar-refractivity contribution in [2.75, 3.05) is 45.2 Å². The van der Waals surface area contributed by atoms with E-state index in [1.54, 1.807) is 6.33 Å². The number of nitrogens with zero attached hydrogens (tertiary/aromatic N) is 3. The smallest absolute Gasteiger partial charge is 0.149 e. The molecule has 7 nitrogen and oxygen atoms in total. The molecule has 0 radical (unpaired) electrons. The number of fused-ring (bicyclic) bond motifs is 2. The lowest BCUT2D eigenvalue weighted by molar-refractivity contribution is 0.0443. The first-order valence-corrected chi connectivity index (χ1v) is 10.3. The van der Waals surface area contributed by atoms with Crippen molar-refractivity contribution in [2.24, 2.45) is 0 Å². The van der Waals surface area contributed by atoms with Gasteiger partial charge in [0.25, 0.3) is 0 Å². The normalized spacial score (nSPS) is 14.5. The minimum absolute atomic E-state index is 0.343. The molecule has 0 unspecified atom stereocenters. The summed E-state index contributed by atoms with van der Waals surface area (Å²) in [6, 6.07) is 11.7. The number of ether oxygens (including phenoxy) is 2. The van der Waals surface area contributed by atoms with Crippen LogP contribution >= 0.6 is 0 Å². The predicted molar refractivity (Wildman–Crippen MR) is 122 cm³/mol. The van der Waals surface area contributed by atoms with E-state index >= 15 is 0 Å². The topological polar surface area (TPSA) is 89.3 Å². The molecule has 4 aromatic rings. The van der Waals surface area contributed by atoms with Crippen molar-refractivity contribution in [3.8, 4) is 28.8 Å². The number of para-hydroxylation sites is 1. The molecule has 5 rings (SSSR count). The molecule has 0 atom stereocenters. The largest absolute Gasteiger partial charge is 0.481 e. The lowest BCUT2D eigenvalue weighted by atomic mass is 10.1. The van der Waals surface area contributed by atoms with Crippen LogP contribution in [0.5, 0.6) is 5.75 Å². The maximum atomic E-state index is 6.09. The van der Waals surface area contributed by atoms with Gasteiger partial charge < -0.3 is 20.2 Å². The van der Waals surface area contributed by atoms with Gasteiger partial charge in [-0.25, -0.2) is 9.97 Å². The van der Waals surface area contributed by atoms with Crippen molar-refractivity contribution in [2.45, 2.75) is 0 Å². The van der Waals surface area contributed by atoms with Gasteiger partial charge in [-0.2, -0.15) is 0 Å². The lowest BCUT2D eigenvalue weighted by Crippen LogP contribution is -2.36. The summed E-state index contributed by atoms with van der Waals surface area (Å²) in [7, 11) is 0. The maximum absolute atomic E-state index is 6.09. The number of aromatic amines is 1. The van der Waals surface area contributed by atoms with Gasteiger partial charge in [0.15, 0.2) is 0 Å². The fraction of sp³-hybridized carbons (Fsp3) is 0.250. The molecule has 0 saturated carbocycles. The van der Waals surface area contributed by atoms with E-state index in [1.165, 1.54) is 0 Å². The zero-order chi connectivity index (χ0) is 21.0. The molecule has 1 aliphatic heterocycles. The Morgan fingerprint density at radius 1 is 1.10 bits per heavy atom. The standard InChI is InChI=1S/C24H23N5O2/c25-21-5-3-4-18-20(15-26-24(18)21)23-19-7-6-17(14-22(19)27-16-28-23)31-11-2-1-8-29-9-12-30-13-10-29/h3-7,14-16,26H,8-13,25H2. The van der Waals surface area contributed by atoms with E-state index in [9.17, 15) is 0 Å². The maximum Gasteiger partial charge on any atom is 0.149 e. The van der Waals surface area contributed by atoms with Crippen LogP contribution in [0.2, 0.25) is 0 Å². The van der Waals surface area contributed by atoms with Crippen LogP contribution in [-0.4, -0.2) is 59.3 Å². The van der Waals surface area contributed by atoms with Crippen molar-refractivity contribution in [3.63, 3.8) is 0 Å². The molecule has 3 N–H and O–H groups in total. The highest BCUT2D eigenvalue weighted by atomic mass is 16.5. The molecule has 0 aliphatic carbocycles. The Morgan fingerprint density at radius 2 is 2.00 bits per heavy atom. The quantitative estimate of drug-likeness (QED) is 0.395. The second kappa shape index (κ2) is 8.64. The van der Waals surface area contributed by atoms with Crippen LogP contribution in [0.25, 0.3) is 33.1 Å². The van der Waals surface area contributed by atoms with Gasteiger partial charge in [-0.3, -0.25) is 4.90 Å². The van der Waals surface area contributed by atoms with Gasteiger partial charge in [0.05, 0.1) is 42.2 Å². The summed E-state index contributed by atoms with van der Waals surface area (Å²) in [6.07, 6.45) is 3.52. The molecular formula is C24H23N5O2. The van der Waals surface area contributed by atoms with Crippen LogP contribution in [0.15, 0.2) is 48.9 Å². The van der Waals surface area contributed by atoms with E-state index in [0.29, 0.717) is 12.3 Å². The molecule has 31 heavy (non-hydrogen) atoms. The van der Waals surface area contributed by atoms with Crippen molar-refractivity contribution >= 4 is 27.5 Å². The summed E-state index contributed by atoms with van der Waals surface area (Å²) in [4.78, 5) is 14.5. The third-order valence-corrected chi connectivity index (χ3v) is 5.45. The van der Waals surface area contributed by atoms with E-state index in [4.69, 9.17) is 15.2 Å². The van der Waals surface area contributed by atoms with Crippen LogP contribution < -0.4 is 10.5 Å². The van der Waals surface area contributed by atoms with E-state index in [2.05, 4.69) is 31.7 Å². The number of nitrogen functional groups attached to an aromatic ring is 1. The van der Waals surface area contributed by atoms with Crippen molar-refractivity contribution < 1.29 is 9.47 Å². The van der Waals surface area contributed by atoms with Crippen LogP contribution in [0.4, 0.5) is 5.69 Å². The van der Waals surface area contributed by atoms with Crippen LogP contribution in [0.3, 0.4) is 0 Å². The highest BCUT2D eigenvalue weighted by Gasteiger charge is 2.13. The SMILES string of the molecule is Nc1cccc2c(-c3ncnc4cc(OCC#CCN5CCOCC5)ccc34)c[nH]c12. The van der Waals surface area contributed by atoms with E-state index in [-0.39, 0.29) is 0 Å². The van der Waals surface area contributed by atoms with Crippen LogP contribution in [0.1, 0.15) is 0 Å². The Morgan fingerprint density at radius 3 is 2.90 bits per heavy atom. The summed E-state index contributed by atoms with van der Waals surface area (Å²) >= 11 is 0. The van der Waals surface area contributed by atoms with Gasteiger partial charge in [0.1, 0.15) is 18.7 Å². The third kappa shape index (κ3) is 4.04. The fourth-order valence-electron chi connectivity index (χ4n) is 3.81. The highest BCUT2D eigenvalue weighted by Crippen LogP contribution is 2.34. The van der Waals surface area contributed by atoms with E-state index in [1.807, 2.05) is 42.6 Å². The molecule has 7 heteroatoms. The molecule has 156 valence electrons. The average Bonchev–Trinajstić information content (AvgIpc) is 3.24. The Labute approximate surface area is 180 Å². The number of hydrogen-bond donors (Lipinski definition) is 2. The summed E-state index contributed by atoms with van der Waals surface area (Å²) in [5.41, 5.74) is 10.4. The minimum atomic E-state index is 0.343. The molecule has 2 aromatic heterocycles. The van der Waals surface area contributed by atoms with Gasteiger partial charge in [0.2, 0.25) is 0 Å². The first kappa shape index (κ1) is 19.4. The van der Waals surface area contributed by atoms with E-state index < -0.39 is 0 Å². The van der Waals surface area contributed by atoms with Crippen molar-refractivity contribution in [3.05, 3.63) is 48.9 Å². The Balaban J connectivity index is 1.34. The first-order chi connectivity index (χ1) is 15.3. The number of aromatic nitrogens is 3. The summed E-state index contributed by atoms with van der Waals surface area (Å²) < 4.78 is 11.2. The Hall–Kier alpha value is -3.60. The second-order valence-electron chi connectivity index (χ2n) is 7.40. The molecule has 2 aromatic carbocycles. The molecule has 0 spiro atoms. The molecule has 3 heterocycles. The number of H-pyrrole nitrogens is 1. The van der Waals surface area contributed by atoms with Crippen molar-refractivity contribution in [1.29, 1.82) is 0 Å². The molecular weight excluding hydrogens is 390 g/mol.